The number of aliphatic imine (C=N–C) groups is 3. The zero-order valence-corrected chi connectivity index (χ0v) is 24.3. The van der Waals surface area contributed by atoms with Crippen LogP contribution in [0.2, 0.25) is 0 Å². The number of benzene rings is 2. The predicted molar refractivity (Wildman–Crippen MR) is 145 cm³/mol. The molecule has 0 radical (unpaired) electrons. The van der Waals surface area contributed by atoms with Gasteiger partial charge in [0, 0.05) is 6.42 Å². The molecule has 0 amide bonds. The van der Waals surface area contributed by atoms with Gasteiger partial charge in [0.1, 0.15) is 0 Å². The second kappa shape index (κ2) is 12.2. The molecule has 0 saturated carbocycles. The average Bonchev–Trinajstić information content (AvgIpc) is 3.18. The second-order valence-corrected chi connectivity index (χ2v) is 13.9. The van der Waals surface area contributed by atoms with Gasteiger partial charge in [0.2, 0.25) is 0 Å². The van der Waals surface area contributed by atoms with Crippen LogP contribution in [0.25, 0.3) is 0 Å². The molecule has 172 valence electrons. The van der Waals surface area contributed by atoms with E-state index < -0.39 is 0 Å². The molecule has 0 aromatic heterocycles. The van der Waals surface area contributed by atoms with Crippen molar-refractivity contribution in [3.63, 3.8) is 0 Å². The first-order valence-corrected chi connectivity index (χ1v) is 15.9. The molecule has 6 heteroatoms. The van der Waals surface area contributed by atoms with Crippen LogP contribution in [-0.4, -0.2) is 17.1 Å². The summed E-state index contributed by atoms with van der Waals surface area (Å²) in [4.78, 5) is 14.7. The molecule has 0 spiro atoms. The van der Waals surface area contributed by atoms with Gasteiger partial charge < -0.3 is 0 Å². The van der Waals surface area contributed by atoms with Crippen LogP contribution >= 0.6 is 28.2 Å². The summed E-state index contributed by atoms with van der Waals surface area (Å²) in [6, 6.07) is 8.73. The Hall–Kier alpha value is -1.33. The molecule has 0 fully saturated rings. The van der Waals surface area contributed by atoms with Gasteiger partial charge in [-0.3, -0.25) is 9.98 Å². The van der Waals surface area contributed by atoms with Crippen molar-refractivity contribution in [3.05, 3.63) is 69.4 Å². The molecule has 32 heavy (non-hydrogen) atoms. The molecule has 2 aromatic rings. The van der Waals surface area contributed by atoms with Gasteiger partial charge in [0.05, 0.1) is 34.2 Å². The van der Waals surface area contributed by atoms with Crippen molar-refractivity contribution in [3.8, 4) is 0 Å². The van der Waals surface area contributed by atoms with Gasteiger partial charge in [0.25, 0.3) is 0 Å². The van der Waals surface area contributed by atoms with Crippen LogP contribution < -0.4 is 0 Å². The summed E-state index contributed by atoms with van der Waals surface area (Å²) in [6.07, 6.45) is 2.95. The van der Waals surface area contributed by atoms with Gasteiger partial charge in [-0.2, -0.15) is 0 Å². The van der Waals surface area contributed by atoms with Crippen molar-refractivity contribution < 1.29 is 11.3 Å². The fourth-order valence-corrected chi connectivity index (χ4v) is 4.04. The minimum atomic E-state index is 0.799. The summed E-state index contributed by atoms with van der Waals surface area (Å²) < 4.78 is 0. The van der Waals surface area contributed by atoms with E-state index in [-0.39, 0.29) is 0 Å². The van der Waals surface area contributed by atoms with E-state index in [1.807, 2.05) is 6.92 Å². The molecule has 1 aliphatic rings. The minimum absolute atomic E-state index is 0.799. The third-order valence-corrected chi connectivity index (χ3v) is 5.36. The molecular weight excluding hydrogens is 570 g/mol. The maximum absolute atomic E-state index is 4.91. The number of aryl methyl sites for hydroxylation is 6. The molecule has 2 aromatic carbocycles. The standard InChI is InChI=1S/C26H31N3.2BrH.Fe/c1-15-11-17(3)25(18(4)12-15)27-21(7)23-9-10-24(29-23)22(8)28-26-19(5)13-16(2)14-20(26)6;;;/h9,11-14H,10H2,1-8H3;2*1H;/q;;;+2/p-2. The number of halogens is 2. The summed E-state index contributed by atoms with van der Waals surface area (Å²) in [5.74, 6) is 0. The van der Waals surface area contributed by atoms with E-state index in [0.717, 1.165) is 52.0 Å². The Morgan fingerprint density at radius 2 is 1.12 bits per heavy atom. The van der Waals surface area contributed by atoms with Crippen LogP contribution in [0, 0.1) is 41.5 Å². The van der Waals surface area contributed by atoms with E-state index in [0.29, 0.717) is 0 Å². The summed E-state index contributed by atoms with van der Waals surface area (Å²) >= 11 is 7.00. The van der Waals surface area contributed by atoms with Crippen molar-refractivity contribution in [2.45, 2.75) is 61.8 Å². The Kier molecular flexibility index (Phi) is 10.3. The van der Waals surface area contributed by atoms with Crippen molar-refractivity contribution in [1.29, 1.82) is 0 Å². The molecule has 1 aliphatic heterocycles. The summed E-state index contributed by atoms with van der Waals surface area (Å²) in [6.45, 7) is 16.8. The molecule has 0 atom stereocenters. The third kappa shape index (κ3) is 7.08. The van der Waals surface area contributed by atoms with E-state index in [2.05, 4.69) is 107 Å². The quantitative estimate of drug-likeness (QED) is 0.248. The Balaban J connectivity index is 0.00000114. The average molecular weight is 601 g/mol. The number of allylic oxidation sites excluding steroid dienone is 2. The fourth-order valence-electron chi connectivity index (χ4n) is 4.04. The van der Waals surface area contributed by atoms with E-state index in [4.69, 9.17) is 15.0 Å². The molecule has 3 nitrogen and oxygen atoms in total. The van der Waals surface area contributed by atoms with Crippen molar-refractivity contribution >= 4 is 56.7 Å². The maximum atomic E-state index is 4.91. The van der Waals surface area contributed by atoms with E-state index >= 15 is 0 Å². The zero-order valence-electron chi connectivity index (χ0n) is 20.0. The van der Waals surface area contributed by atoms with Crippen LogP contribution in [0.1, 0.15) is 53.6 Å². The topological polar surface area (TPSA) is 37.1 Å². The van der Waals surface area contributed by atoms with Crippen molar-refractivity contribution in [2.75, 3.05) is 0 Å². The Morgan fingerprint density at radius 1 is 0.750 bits per heavy atom. The molecule has 1 heterocycles. The first-order chi connectivity index (χ1) is 15.1. The number of hydrogen-bond donors (Lipinski definition) is 0. The van der Waals surface area contributed by atoms with Gasteiger partial charge in [-0.15, -0.1) is 0 Å². The molecule has 0 aliphatic carbocycles. The second-order valence-electron chi connectivity index (χ2n) is 8.29. The molecule has 0 N–H and O–H groups in total. The van der Waals surface area contributed by atoms with E-state index in [9.17, 15) is 0 Å². The SMILES string of the molecule is CC(=Nc1c(C)cc(C)cc1C)C1=CCC(C(C)=Nc2c(C)cc(C)cc2C)=N1.[Br][Fe][Br]. The monoisotopic (exact) mass is 599 g/mol. The van der Waals surface area contributed by atoms with E-state index in [1.165, 1.54) is 33.4 Å². The molecule has 3 rings (SSSR count). The predicted octanol–water partition coefficient (Wildman–Crippen LogP) is 8.84. The summed E-state index contributed by atoms with van der Waals surface area (Å²) in [7, 11) is 0. The first kappa shape index (κ1) is 26.9. The van der Waals surface area contributed by atoms with Gasteiger partial charge in [0.15, 0.2) is 0 Å². The summed E-state index contributed by atoms with van der Waals surface area (Å²) in [5, 5.41) is 0. The van der Waals surface area contributed by atoms with Crippen LogP contribution in [0.15, 0.2) is 51.0 Å². The van der Waals surface area contributed by atoms with Gasteiger partial charge in [-0.05, 0) is 77.6 Å². The molecule has 0 saturated heterocycles. The third-order valence-electron chi connectivity index (χ3n) is 5.36. The fraction of sp³-hybridized carbons (Fsp3) is 0.346. The van der Waals surface area contributed by atoms with Gasteiger partial charge in [-0.1, -0.05) is 41.5 Å². The molecule has 0 bridgehead atoms. The van der Waals surface area contributed by atoms with Crippen molar-refractivity contribution in [1.82, 2.24) is 0 Å². The number of hydrogen-bond acceptors (Lipinski definition) is 3. The van der Waals surface area contributed by atoms with E-state index in [1.54, 1.807) is 0 Å². The van der Waals surface area contributed by atoms with Gasteiger partial charge >= 0.3 is 39.6 Å². The Labute approximate surface area is 213 Å². The van der Waals surface area contributed by atoms with Crippen LogP contribution in [0.4, 0.5) is 11.4 Å². The summed E-state index contributed by atoms with van der Waals surface area (Å²) in [5.41, 5.74) is 13.4. The van der Waals surface area contributed by atoms with Crippen LogP contribution in [-0.2, 0) is 11.3 Å². The molecule has 0 unspecified atom stereocenters. The molecular formula is C26H31Br2FeN3. The normalized spacial score (nSPS) is 14.2. The Bertz CT molecular complexity index is 1080. The Morgan fingerprint density at radius 3 is 1.53 bits per heavy atom. The zero-order chi connectivity index (χ0) is 24.0. The van der Waals surface area contributed by atoms with Gasteiger partial charge in [-0.25, -0.2) is 4.99 Å². The number of nitrogens with zero attached hydrogens (tertiary/aromatic N) is 3. The van der Waals surface area contributed by atoms with Crippen LogP contribution in [0.5, 0.6) is 0 Å². The van der Waals surface area contributed by atoms with Crippen molar-refractivity contribution in [2.24, 2.45) is 15.0 Å². The first-order valence-electron chi connectivity index (χ1n) is 10.5. The van der Waals surface area contributed by atoms with Crippen LogP contribution in [0.3, 0.4) is 0 Å². The number of rotatable bonds is 4.